The first-order valence-electron chi connectivity index (χ1n) is 7.00. The van der Waals surface area contributed by atoms with Gasteiger partial charge < -0.3 is 10.4 Å². The molecule has 1 aliphatic heterocycles. The molecule has 0 spiro atoms. The van der Waals surface area contributed by atoms with Gasteiger partial charge in [-0.25, -0.2) is 9.50 Å². The van der Waals surface area contributed by atoms with Crippen molar-refractivity contribution in [2.24, 2.45) is 0 Å². The molecule has 1 amide bonds. The van der Waals surface area contributed by atoms with Crippen LogP contribution in [0.1, 0.15) is 22.5 Å². The van der Waals surface area contributed by atoms with Crippen molar-refractivity contribution < 1.29 is 14.7 Å². The summed E-state index contributed by atoms with van der Waals surface area (Å²) in [5, 5.41) is 16.1. The standard InChI is InChI=1S/C14H17N5O3/c1-8-10(6-15-12-3-4-16-19(8)12)13(20)17-9-5-11(14(21)22)18(2)7-9/h3-4,6,9,11H,5,7H2,1-2H3,(H,17,20)(H,21,22)/t9-,11+/m1/s1. The summed E-state index contributed by atoms with van der Waals surface area (Å²) in [6.45, 7) is 2.32. The van der Waals surface area contributed by atoms with E-state index in [-0.39, 0.29) is 11.9 Å². The first-order chi connectivity index (χ1) is 10.5. The SMILES string of the molecule is Cc1c(C(=O)N[C@@H]2C[C@@H](C(=O)O)N(C)C2)cnc2ccnn12. The molecule has 2 N–H and O–H groups in total. The van der Waals surface area contributed by atoms with Crippen LogP contribution >= 0.6 is 0 Å². The summed E-state index contributed by atoms with van der Waals surface area (Å²) < 4.78 is 1.61. The highest BCUT2D eigenvalue weighted by Gasteiger charge is 2.35. The molecule has 8 nitrogen and oxygen atoms in total. The van der Waals surface area contributed by atoms with Crippen molar-refractivity contribution >= 4 is 17.5 Å². The molecule has 0 aliphatic carbocycles. The lowest BCUT2D eigenvalue weighted by molar-refractivity contribution is -0.141. The van der Waals surface area contributed by atoms with Gasteiger partial charge in [-0.3, -0.25) is 14.5 Å². The van der Waals surface area contributed by atoms with E-state index in [1.54, 1.807) is 35.6 Å². The van der Waals surface area contributed by atoms with Crippen molar-refractivity contribution in [3.05, 3.63) is 29.7 Å². The van der Waals surface area contributed by atoms with E-state index in [2.05, 4.69) is 15.4 Å². The van der Waals surface area contributed by atoms with Crippen LogP contribution in [0.4, 0.5) is 0 Å². The number of likely N-dealkylation sites (N-methyl/N-ethyl adjacent to an activating group) is 1. The number of rotatable bonds is 3. The molecule has 0 unspecified atom stereocenters. The average Bonchev–Trinajstić information content (AvgIpc) is 3.06. The van der Waals surface area contributed by atoms with Crippen molar-refractivity contribution in [2.45, 2.75) is 25.4 Å². The summed E-state index contributed by atoms with van der Waals surface area (Å²) in [5.74, 6) is -1.12. The number of nitrogens with zero attached hydrogens (tertiary/aromatic N) is 4. The molecule has 2 aromatic heterocycles. The number of carboxylic acids is 1. The number of likely N-dealkylation sites (tertiary alicyclic amines) is 1. The van der Waals surface area contributed by atoms with Crippen LogP contribution in [0.15, 0.2) is 18.5 Å². The predicted molar refractivity (Wildman–Crippen MR) is 77.6 cm³/mol. The summed E-state index contributed by atoms with van der Waals surface area (Å²) in [6.07, 6.45) is 3.55. The second-order valence-corrected chi connectivity index (χ2v) is 5.56. The topological polar surface area (TPSA) is 99.8 Å². The number of nitrogens with one attached hydrogen (secondary N) is 1. The summed E-state index contributed by atoms with van der Waals surface area (Å²) in [6, 6.07) is 1.02. The van der Waals surface area contributed by atoms with Gasteiger partial charge in [0.1, 0.15) is 6.04 Å². The molecule has 1 fully saturated rings. The van der Waals surface area contributed by atoms with Gasteiger partial charge in [0, 0.05) is 24.8 Å². The highest BCUT2D eigenvalue weighted by atomic mass is 16.4. The lowest BCUT2D eigenvalue weighted by Crippen LogP contribution is -2.37. The zero-order valence-electron chi connectivity index (χ0n) is 12.4. The molecule has 0 radical (unpaired) electrons. The van der Waals surface area contributed by atoms with Gasteiger partial charge in [0.2, 0.25) is 0 Å². The van der Waals surface area contributed by atoms with E-state index in [0.717, 1.165) is 0 Å². The van der Waals surface area contributed by atoms with Crippen LogP contribution < -0.4 is 5.32 Å². The Morgan fingerprint density at radius 3 is 2.91 bits per heavy atom. The van der Waals surface area contributed by atoms with Gasteiger partial charge in [-0.2, -0.15) is 5.10 Å². The van der Waals surface area contributed by atoms with Gasteiger partial charge in [-0.1, -0.05) is 0 Å². The van der Waals surface area contributed by atoms with Crippen LogP contribution in [0, 0.1) is 6.92 Å². The number of hydrogen-bond donors (Lipinski definition) is 2. The Kier molecular flexibility index (Phi) is 3.53. The third-order valence-corrected chi connectivity index (χ3v) is 4.07. The van der Waals surface area contributed by atoms with Crippen LogP contribution in [-0.4, -0.2) is 62.2 Å². The Hall–Kier alpha value is -2.48. The second-order valence-electron chi connectivity index (χ2n) is 5.56. The number of carboxylic acid groups (broad SMARTS) is 1. The monoisotopic (exact) mass is 303 g/mol. The fraction of sp³-hybridized carbons (Fsp3) is 0.429. The Balaban J connectivity index is 1.77. The summed E-state index contributed by atoms with van der Waals surface area (Å²) >= 11 is 0. The molecule has 116 valence electrons. The van der Waals surface area contributed by atoms with Gasteiger partial charge >= 0.3 is 5.97 Å². The molecular weight excluding hydrogens is 286 g/mol. The molecule has 0 saturated carbocycles. The van der Waals surface area contributed by atoms with Gasteiger partial charge in [0.15, 0.2) is 5.65 Å². The quantitative estimate of drug-likeness (QED) is 0.823. The van der Waals surface area contributed by atoms with Gasteiger partial charge in [-0.05, 0) is 20.4 Å². The number of fused-ring (bicyclic) bond motifs is 1. The number of carbonyl (C=O) groups is 2. The molecule has 2 aromatic rings. The number of hydrogen-bond acceptors (Lipinski definition) is 5. The molecule has 0 bridgehead atoms. The molecule has 1 saturated heterocycles. The van der Waals surface area contributed by atoms with Crippen molar-refractivity contribution in [2.75, 3.05) is 13.6 Å². The maximum Gasteiger partial charge on any atom is 0.320 e. The van der Waals surface area contributed by atoms with Crippen LogP contribution in [0.25, 0.3) is 5.65 Å². The minimum Gasteiger partial charge on any atom is -0.480 e. The van der Waals surface area contributed by atoms with E-state index in [1.165, 1.54) is 6.20 Å². The summed E-state index contributed by atoms with van der Waals surface area (Å²) in [5.41, 5.74) is 1.83. The Labute approximate surface area is 126 Å². The van der Waals surface area contributed by atoms with Gasteiger partial charge in [-0.15, -0.1) is 0 Å². The molecule has 3 rings (SSSR count). The number of carbonyl (C=O) groups excluding carboxylic acids is 1. The fourth-order valence-electron chi connectivity index (χ4n) is 2.87. The summed E-state index contributed by atoms with van der Waals surface area (Å²) in [4.78, 5) is 29.4. The van der Waals surface area contributed by atoms with Crippen molar-refractivity contribution in [1.29, 1.82) is 0 Å². The maximum atomic E-state index is 12.4. The molecule has 3 heterocycles. The van der Waals surface area contributed by atoms with E-state index in [4.69, 9.17) is 5.11 Å². The highest BCUT2D eigenvalue weighted by molar-refractivity contribution is 5.95. The Morgan fingerprint density at radius 1 is 1.45 bits per heavy atom. The molecule has 22 heavy (non-hydrogen) atoms. The lowest BCUT2D eigenvalue weighted by atomic mass is 10.1. The van der Waals surface area contributed by atoms with Crippen LogP contribution in [0.2, 0.25) is 0 Å². The second kappa shape index (κ2) is 5.38. The smallest absolute Gasteiger partial charge is 0.320 e. The van der Waals surface area contributed by atoms with Crippen LogP contribution in [0.5, 0.6) is 0 Å². The van der Waals surface area contributed by atoms with Gasteiger partial charge in [0.05, 0.1) is 17.5 Å². The Bertz CT molecular complexity index is 741. The van der Waals surface area contributed by atoms with Crippen molar-refractivity contribution in [3.63, 3.8) is 0 Å². The van der Waals surface area contributed by atoms with Crippen LogP contribution in [0.3, 0.4) is 0 Å². The molecule has 0 aromatic carbocycles. The molecule has 2 atom stereocenters. The number of aliphatic carboxylic acids is 1. The van der Waals surface area contributed by atoms with E-state index in [1.807, 2.05) is 0 Å². The minimum absolute atomic E-state index is 0.189. The molecule has 8 heteroatoms. The van der Waals surface area contributed by atoms with Crippen LogP contribution in [-0.2, 0) is 4.79 Å². The third-order valence-electron chi connectivity index (χ3n) is 4.07. The van der Waals surface area contributed by atoms with Crippen molar-refractivity contribution in [1.82, 2.24) is 24.8 Å². The third kappa shape index (κ3) is 2.41. The number of aromatic nitrogens is 3. The van der Waals surface area contributed by atoms with Gasteiger partial charge in [0.25, 0.3) is 5.91 Å². The highest BCUT2D eigenvalue weighted by Crippen LogP contribution is 2.17. The van der Waals surface area contributed by atoms with Crippen molar-refractivity contribution in [3.8, 4) is 0 Å². The number of amides is 1. The molecule has 1 aliphatic rings. The zero-order chi connectivity index (χ0) is 15.9. The zero-order valence-corrected chi connectivity index (χ0v) is 12.4. The molecular formula is C14H17N5O3. The largest absolute Gasteiger partial charge is 0.480 e. The first-order valence-corrected chi connectivity index (χ1v) is 7.00. The normalized spacial score (nSPS) is 22.1. The van der Waals surface area contributed by atoms with E-state index in [0.29, 0.717) is 29.9 Å². The average molecular weight is 303 g/mol. The van der Waals surface area contributed by atoms with E-state index >= 15 is 0 Å². The van der Waals surface area contributed by atoms with E-state index < -0.39 is 12.0 Å². The predicted octanol–water partition coefficient (Wildman–Crippen LogP) is -0.0752. The fourth-order valence-corrected chi connectivity index (χ4v) is 2.87. The first kappa shape index (κ1) is 14.5. The number of aryl methyl sites for hydroxylation is 1. The summed E-state index contributed by atoms with van der Waals surface area (Å²) in [7, 11) is 1.74. The lowest BCUT2D eigenvalue weighted by Gasteiger charge is -2.14. The van der Waals surface area contributed by atoms with E-state index in [9.17, 15) is 9.59 Å². The minimum atomic E-state index is -0.866. The maximum absolute atomic E-state index is 12.4. The Morgan fingerprint density at radius 2 is 2.23 bits per heavy atom.